The third-order valence-electron chi connectivity index (χ3n) is 2.69. The second-order valence-corrected chi connectivity index (χ2v) is 6.37. The first kappa shape index (κ1) is 14.0. The Balaban J connectivity index is 2.05. The topological polar surface area (TPSA) is 74.4 Å². The summed E-state index contributed by atoms with van der Waals surface area (Å²) in [7, 11) is 3.88. The molecule has 104 valence electrons. The Morgan fingerprint density at radius 1 is 1.47 bits per heavy atom. The van der Waals surface area contributed by atoms with E-state index < -0.39 is 5.60 Å². The quantitative estimate of drug-likeness (QED) is 0.726. The molecule has 1 unspecified atom stereocenters. The minimum Gasteiger partial charge on any atom is -0.399 e. The van der Waals surface area contributed by atoms with Gasteiger partial charge in [-0.05, 0) is 39.2 Å². The molecule has 0 saturated heterocycles. The van der Waals surface area contributed by atoms with E-state index in [1.165, 1.54) is 0 Å². The monoisotopic (exact) mass is 280 g/mol. The number of thiazole rings is 1. The zero-order valence-corrected chi connectivity index (χ0v) is 12.3. The van der Waals surface area contributed by atoms with E-state index in [-0.39, 0.29) is 0 Å². The van der Waals surface area contributed by atoms with E-state index in [4.69, 9.17) is 5.73 Å². The van der Waals surface area contributed by atoms with Crippen LogP contribution in [0.5, 0.6) is 0 Å². The van der Waals surface area contributed by atoms with Crippen LogP contribution in [0.2, 0.25) is 0 Å². The number of hydrogen-bond acceptors (Lipinski definition) is 6. The molecule has 2 aromatic rings. The third kappa shape index (κ3) is 3.79. The zero-order valence-electron chi connectivity index (χ0n) is 11.5. The normalized spacial score (nSPS) is 14.8. The van der Waals surface area contributed by atoms with Gasteiger partial charge in [0.2, 0.25) is 0 Å². The molecule has 0 amide bonds. The predicted molar refractivity (Wildman–Crippen MR) is 81.7 cm³/mol. The van der Waals surface area contributed by atoms with Crippen molar-refractivity contribution in [2.45, 2.75) is 12.5 Å². The van der Waals surface area contributed by atoms with Gasteiger partial charge in [0, 0.05) is 18.8 Å². The summed E-state index contributed by atoms with van der Waals surface area (Å²) in [5.74, 6) is 0. The lowest BCUT2D eigenvalue weighted by atomic mass is 10.1. The van der Waals surface area contributed by atoms with Crippen molar-refractivity contribution in [3.8, 4) is 0 Å². The molecule has 1 aromatic carbocycles. The van der Waals surface area contributed by atoms with Crippen molar-refractivity contribution in [1.29, 1.82) is 0 Å². The largest absolute Gasteiger partial charge is 0.399 e. The summed E-state index contributed by atoms with van der Waals surface area (Å²) in [6.07, 6.45) is 0. The van der Waals surface area contributed by atoms with Crippen LogP contribution in [-0.4, -0.2) is 47.8 Å². The van der Waals surface area contributed by atoms with Crippen molar-refractivity contribution in [1.82, 2.24) is 9.88 Å². The van der Waals surface area contributed by atoms with Crippen molar-refractivity contribution in [3.63, 3.8) is 0 Å². The molecule has 0 bridgehead atoms. The molecule has 19 heavy (non-hydrogen) atoms. The van der Waals surface area contributed by atoms with E-state index in [1.807, 2.05) is 44.1 Å². The molecule has 0 aliphatic rings. The lowest BCUT2D eigenvalue weighted by molar-refractivity contribution is 0.0460. The van der Waals surface area contributed by atoms with Crippen LogP contribution < -0.4 is 11.1 Å². The van der Waals surface area contributed by atoms with Crippen LogP contribution in [0.3, 0.4) is 0 Å². The van der Waals surface area contributed by atoms with E-state index in [2.05, 4.69) is 10.3 Å². The molecule has 1 atom stereocenters. The molecule has 6 heteroatoms. The Labute approximate surface area is 117 Å². The third-order valence-corrected chi connectivity index (χ3v) is 3.67. The van der Waals surface area contributed by atoms with Crippen molar-refractivity contribution in [2.24, 2.45) is 0 Å². The number of hydrogen-bond donors (Lipinski definition) is 3. The molecule has 1 aromatic heterocycles. The molecule has 0 spiro atoms. The number of anilines is 2. The van der Waals surface area contributed by atoms with Gasteiger partial charge in [0.05, 0.1) is 15.8 Å². The maximum absolute atomic E-state index is 10.2. The Kier molecular flexibility index (Phi) is 3.93. The summed E-state index contributed by atoms with van der Waals surface area (Å²) in [6, 6.07) is 5.66. The first-order chi connectivity index (χ1) is 8.85. The SMILES string of the molecule is CN(C)CC(C)(O)CNc1nc2ccc(N)cc2s1. The van der Waals surface area contributed by atoms with Crippen molar-refractivity contribution < 1.29 is 5.11 Å². The number of aliphatic hydroxyl groups is 1. The molecular weight excluding hydrogens is 260 g/mol. The van der Waals surface area contributed by atoms with Gasteiger partial charge in [-0.25, -0.2) is 4.98 Å². The fraction of sp³-hybridized carbons (Fsp3) is 0.462. The van der Waals surface area contributed by atoms with Crippen LogP contribution in [0.25, 0.3) is 10.2 Å². The standard InChI is InChI=1S/C13H20N4OS/c1-13(18,8-17(2)3)7-15-12-16-10-5-4-9(14)6-11(10)19-12/h4-6,18H,7-8,14H2,1-3H3,(H,15,16). The van der Waals surface area contributed by atoms with Gasteiger partial charge in [-0.2, -0.15) is 0 Å². The number of benzene rings is 1. The summed E-state index contributed by atoms with van der Waals surface area (Å²) in [4.78, 5) is 6.42. The highest BCUT2D eigenvalue weighted by molar-refractivity contribution is 7.22. The Hall–Kier alpha value is -1.37. The van der Waals surface area contributed by atoms with E-state index in [0.29, 0.717) is 13.1 Å². The van der Waals surface area contributed by atoms with E-state index in [1.54, 1.807) is 11.3 Å². The predicted octanol–water partition coefficient (Wildman–Crippen LogP) is 1.60. The minimum atomic E-state index is -0.791. The summed E-state index contributed by atoms with van der Waals surface area (Å²) in [6.45, 7) is 2.86. The molecule has 0 fully saturated rings. The van der Waals surface area contributed by atoms with Crippen LogP contribution >= 0.6 is 11.3 Å². The number of nitrogens with one attached hydrogen (secondary N) is 1. The molecule has 0 aliphatic carbocycles. The van der Waals surface area contributed by atoms with Gasteiger partial charge in [0.25, 0.3) is 0 Å². The number of nitrogens with two attached hydrogens (primary N) is 1. The smallest absolute Gasteiger partial charge is 0.183 e. The summed E-state index contributed by atoms with van der Waals surface area (Å²) >= 11 is 1.54. The summed E-state index contributed by atoms with van der Waals surface area (Å²) in [5.41, 5.74) is 6.62. The average molecular weight is 280 g/mol. The Morgan fingerprint density at radius 2 is 2.21 bits per heavy atom. The van der Waals surface area contributed by atoms with Crippen LogP contribution in [0.1, 0.15) is 6.92 Å². The highest BCUT2D eigenvalue weighted by atomic mass is 32.1. The van der Waals surface area contributed by atoms with E-state index in [0.717, 1.165) is 21.0 Å². The van der Waals surface area contributed by atoms with Crippen LogP contribution in [-0.2, 0) is 0 Å². The van der Waals surface area contributed by atoms with Gasteiger partial charge in [-0.3, -0.25) is 0 Å². The number of aromatic nitrogens is 1. The van der Waals surface area contributed by atoms with Gasteiger partial charge >= 0.3 is 0 Å². The van der Waals surface area contributed by atoms with Crippen molar-refractivity contribution in [3.05, 3.63) is 18.2 Å². The Bertz CT molecular complexity index is 565. The first-order valence-electron chi connectivity index (χ1n) is 6.13. The van der Waals surface area contributed by atoms with E-state index >= 15 is 0 Å². The van der Waals surface area contributed by atoms with Crippen LogP contribution in [0.4, 0.5) is 10.8 Å². The second-order valence-electron chi connectivity index (χ2n) is 5.33. The molecule has 1 heterocycles. The van der Waals surface area contributed by atoms with Crippen molar-refractivity contribution >= 4 is 32.4 Å². The molecule has 5 nitrogen and oxygen atoms in total. The number of likely N-dealkylation sites (N-methyl/N-ethyl adjacent to an activating group) is 1. The van der Waals surface area contributed by atoms with Crippen molar-refractivity contribution in [2.75, 3.05) is 38.2 Å². The maximum Gasteiger partial charge on any atom is 0.183 e. The number of nitrogen functional groups attached to an aromatic ring is 1. The minimum absolute atomic E-state index is 0.459. The Morgan fingerprint density at radius 3 is 2.89 bits per heavy atom. The molecular formula is C13H20N4OS. The van der Waals surface area contributed by atoms with Gasteiger partial charge in [-0.1, -0.05) is 11.3 Å². The van der Waals surface area contributed by atoms with Gasteiger partial charge in [0.1, 0.15) is 0 Å². The molecule has 0 aliphatic heterocycles. The molecule has 0 saturated carbocycles. The maximum atomic E-state index is 10.2. The summed E-state index contributed by atoms with van der Waals surface area (Å²) in [5, 5.41) is 14.2. The molecule has 4 N–H and O–H groups in total. The molecule has 0 radical (unpaired) electrons. The second kappa shape index (κ2) is 5.32. The van der Waals surface area contributed by atoms with Crippen LogP contribution in [0.15, 0.2) is 18.2 Å². The highest BCUT2D eigenvalue weighted by Crippen LogP contribution is 2.27. The highest BCUT2D eigenvalue weighted by Gasteiger charge is 2.21. The van der Waals surface area contributed by atoms with Gasteiger partial charge in [-0.15, -0.1) is 0 Å². The van der Waals surface area contributed by atoms with Gasteiger partial charge < -0.3 is 21.1 Å². The first-order valence-corrected chi connectivity index (χ1v) is 6.94. The number of nitrogens with zero attached hydrogens (tertiary/aromatic N) is 2. The fourth-order valence-electron chi connectivity index (χ4n) is 2.02. The fourth-order valence-corrected chi connectivity index (χ4v) is 2.93. The summed E-state index contributed by atoms with van der Waals surface area (Å²) < 4.78 is 1.05. The zero-order chi connectivity index (χ0) is 14.0. The lowest BCUT2D eigenvalue weighted by Gasteiger charge is -2.26. The number of fused-ring (bicyclic) bond motifs is 1. The number of rotatable bonds is 5. The van der Waals surface area contributed by atoms with E-state index in [9.17, 15) is 5.11 Å². The molecule has 2 rings (SSSR count). The average Bonchev–Trinajstić information content (AvgIpc) is 2.66. The lowest BCUT2D eigenvalue weighted by Crippen LogP contribution is -2.43. The van der Waals surface area contributed by atoms with Gasteiger partial charge in [0.15, 0.2) is 5.13 Å². The van der Waals surface area contributed by atoms with Crippen LogP contribution in [0, 0.1) is 0 Å².